The van der Waals surface area contributed by atoms with Gasteiger partial charge in [0.2, 0.25) is 0 Å². The highest BCUT2D eigenvalue weighted by molar-refractivity contribution is 5.57. The Morgan fingerprint density at radius 1 is 1.33 bits per heavy atom. The van der Waals surface area contributed by atoms with Crippen LogP contribution in [0.5, 0.6) is 0 Å². The SMILES string of the molecule is CN(C)c1c(F)cccc1C1(N)CCC1. The van der Waals surface area contributed by atoms with E-state index in [4.69, 9.17) is 5.73 Å². The van der Waals surface area contributed by atoms with Crippen LogP contribution in [0.2, 0.25) is 0 Å². The second kappa shape index (κ2) is 3.49. The molecule has 1 aliphatic carbocycles. The Labute approximate surface area is 89.9 Å². The number of nitrogens with zero attached hydrogens (tertiary/aromatic N) is 1. The van der Waals surface area contributed by atoms with E-state index in [0.717, 1.165) is 24.8 Å². The first kappa shape index (κ1) is 10.4. The molecule has 1 aromatic carbocycles. The van der Waals surface area contributed by atoms with E-state index in [0.29, 0.717) is 5.69 Å². The lowest BCUT2D eigenvalue weighted by atomic mass is 9.72. The fourth-order valence-corrected chi connectivity index (χ4v) is 2.20. The van der Waals surface area contributed by atoms with Gasteiger partial charge in [-0.3, -0.25) is 0 Å². The van der Waals surface area contributed by atoms with Gasteiger partial charge in [-0.05, 0) is 30.9 Å². The van der Waals surface area contributed by atoms with Gasteiger partial charge in [0.05, 0.1) is 5.69 Å². The molecule has 1 aromatic rings. The summed E-state index contributed by atoms with van der Waals surface area (Å²) in [6, 6.07) is 5.17. The summed E-state index contributed by atoms with van der Waals surface area (Å²) in [5.74, 6) is -0.186. The molecule has 0 unspecified atom stereocenters. The highest BCUT2D eigenvalue weighted by Gasteiger charge is 2.37. The van der Waals surface area contributed by atoms with Gasteiger partial charge in [0, 0.05) is 19.6 Å². The lowest BCUT2D eigenvalue weighted by Gasteiger charge is -2.40. The third-order valence-corrected chi connectivity index (χ3v) is 3.22. The average Bonchev–Trinajstić information content (AvgIpc) is 2.13. The van der Waals surface area contributed by atoms with E-state index in [1.807, 2.05) is 20.2 Å². The summed E-state index contributed by atoms with van der Waals surface area (Å²) < 4.78 is 13.7. The van der Waals surface area contributed by atoms with Gasteiger partial charge in [-0.1, -0.05) is 12.1 Å². The molecule has 0 aliphatic heterocycles. The number of halogens is 1. The van der Waals surface area contributed by atoms with Crippen molar-refractivity contribution in [3.63, 3.8) is 0 Å². The molecule has 2 N–H and O–H groups in total. The molecule has 2 nitrogen and oxygen atoms in total. The molecule has 0 radical (unpaired) electrons. The molecular formula is C12H17FN2. The highest BCUT2D eigenvalue weighted by atomic mass is 19.1. The summed E-state index contributed by atoms with van der Waals surface area (Å²) >= 11 is 0. The van der Waals surface area contributed by atoms with Crippen LogP contribution in [-0.4, -0.2) is 14.1 Å². The monoisotopic (exact) mass is 208 g/mol. The van der Waals surface area contributed by atoms with Crippen LogP contribution in [0.25, 0.3) is 0 Å². The standard InChI is InChI=1S/C12H17FN2/c1-15(2)11-9(5-3-6-10(11)13)12(14)7-4-8-12/h3,5-6H,4,7-8,14H2,1-2H3. The summed E-state index contributed by atoms with van der Waals surface area (Å²) in [4.78, 5) is 1.80. The first-order valence-corrected chi connectivity index (χ1v) is 5.30. The fourth-order valence-electron chi connectivity index (χ4n) is 2.20. The van der Waals surface area contributed by atoms with Crippen LogP contribution in [0.1, 0.15) is 24.8 Å². The van der Waals surface area contributed by atoms with Crippen molar-refractivity contribution in [3.05, 3.63) is 29.6 Å². The third kappa shape index (κ3) is 1.61. The van der Waals surface area contributed by atoms with Crippen LogP contribution in [0.3, 0.4) is 0 Å². The number of para-hydroxylation sites is 1. The predicted octanol–water partition coefficient (Wildman–Crippen LogP) is 2.23. The van der Waals surface area contributed by atoms with Gasteiger partial charge in [-0.2, -0.15) is 0 Å². The Bertz CT molecular complexity index is 370. The van der Waals surface area contributed by atoms with Gasteiger partial charge in [-0.25, -0.2) is 4.39 Å². The molecule has 1 fully saturated rings. The van der Waals surface area contributed by atoms with Crippen molar-refractivity contribution in [1.82, 2.24) is 0 Å². The highest BCUT2D eigenvalue weighted by Crippen LogP contribution is 2.43. The van der Waals surface area contributed by atoms with E-state index in [2.05, 4.69) is 0 Å². The number of rotatable bonds is 2. The van der Waals surface area contributed by atoms with Crippen molar-refractivity contribution in [3.8, 4) is 0 Å². The first-order chi connectivity index (χ1) is 7.04. The smallest absolute Gasteiger partial charge is 0.146 e. The number of hydrogen-bond donors (Lipinski definition) is 1. The molecule has 0 heterocycles. The summed E-state index contributed by atoms with van der Waals surface area (Å²) in [5, 5.41) is 0. The molecule has 82 valence electrons. The van der Waals surface area contributed by atoms with Gasteiger partial charge in [0.25, 0.3) is 0 Å². The molecule has 0 saturated heterocycles. The van der Waals surface area contributed by atoms with Gasteiger partial charge in [-0.15, -0.1) is 0 Å². The summed E-state index contributed by atoms with van der Waals surface area (Å²) in [6.45, 7) is 0. The van der Waals surface area contributed by atoms with Gasteiger partial charge in [0.15, 0.2) is 0 Å². The molecular weight excluding hydrogens is 191 g/mol. The van der Waals surface area contributed by atoms with Crippen LogP contribution in [0.4, 0.5) is 10.1 Å². The molecule has 1 aliphatic rings. The molecule has 0 atom stereocenters. The Morgan fingerprint density at radius 2 is 2.00 bits per heavy atom. The summed E-state index contributed by atoms with van der Waals surface area (Å²) in [5.41, 5.74) is 7.52. The Hall–Kier alpha value is -1.09. The second-order valence-corrected chi connectivity index (χ2v) is 4.54. The zero-order chi connectivity index (χ0) is 11.1. The maximum absolute atomic E-state index is 13.7. The predicted molar refractivity (Wildman–Crippen MR) is 60.4 cm³/mol. The van der Waals surface area contributed by atoms with Gasteiger partial charge >= 0.3 is 0 Å². The van der Waals surface area contributed by atoms with Crippen molar-refractivity contribution in [2.75, 3.05) is 19.0 Å². The second-order valence-electron chi connectivity index (χ2n) is 4.54. The molecule has 1 saturated carbocycles. The van der Waals surface area contributed by atoms with E-state index in [1.54, 1.807) is 11.0 Å². The average molecular weight is 208 g/mol. The number of nitrogens with two attached hydrogens (primary N) is 1. The zero-order valence-corrected chi connectivity index (χ0v) is 9.26. The third-order valence-electron chi connectivity index (χ3n) is 3.22. The molecule has 3 heteroatoms. The Balaban J connectivity index is 2.50. The molecule has 0 bridgehead atoms. The van der Waals surface area contributed by atoms with Crippen molar-refractivity contribution in [1.29, 1.82) is 0 Å². The van der Waals surface area contributed by atoms with Gasteiger partial charge < -0.3 is 10.6 Å². The topological polar surface area (TPSA) is 29.3 Å². The summed E-state index contributed by atoms with van der Waals surface area (Å²) in [7, 11) is 3.70. The zero-order valence-electron chi connectivity index (χ0n) is 9.26. The lowest BCUT2D eigenvalue weighted by Crippen LogP contribution is -2.44. The van der Waals surface area contributed by atoms with E-state index in [9.17, 15) is 4.39 Å². The maximum atomic E-state index is 13.7. The Morgan fingerprint density at radius 3 is 2.47 bits per heavy atom. The molecule has 0 aromatic heterocycles. The first-order valence-electron chi connectivity index (χ1n) is 5.30. The molecule has 0 spiro atoms. The maximum Gasteiger partial charge on any atom is 0.146 e. The van der Waals surface area contributed by atoms with Crippen LogP contribution in [-0.2, 0) is 5.54 Å². The number of benzene rings is 1. The fraction of sp³-hybridized carbons (Fsp3) is 0.500. The largest absolute Gasteiger partial charge is 0.375 e. The molecule has 15 heavy (non-hydrogen) atoms. The van der Waals surface area contributed by atoms with Crippen LogP contribution >= 0.6 is 0 Å². The number of anilines is 1. The van der Waals surface area contributed by atoms with E-state index >= 15 is 0 Å². The van der Waals surface area contributed by atoms with Crippen molar-refractivity contribution < 1.29 is 4.39 Å². The number of hydrogen-bond acceptors (Lipinski definition) is 2. The minimum absolute atomic E-state index is 0.186. The van der Waals surface area contributed by atoms with Crippen LogP contribution in [0, 0.1) is 5.82 Å². The molecule has 2 rings (SSSR count). The normalized spacial score (nSPS) is 18.4. The van der Waals surface area contributed by atoms with Gasteiger partial charge in [0.1, 0.15) is 5.82 Å². The van der Waals surface area contributed by atoms with E-state index in [-0.39, 0.29) is 11.4 Å². The van der Waals surface area contributed by atoms with Crippen LogP contribution in [0.15, 0.2) is 18.2 Å². The van der Waals surface area contributed by atoms with Crippen molar-refractivity contribution in [2.45, 2.75) is 24.8 Å². The van der Waals surface area contributed by atoms with Crippen molar-refractivity contribution in [2.24, 2.45) is 5.73 Å². The summed E-state index contributed by atoms with van der Waals surface area (Å²) in [6.07, 6.45) is 3.05. The lowest BCUT2D eigenvalue weighted by molar-refractivity contribution is 0.253. The van der Waals surface area contributed by atoms with Crippen LogP contribution < -0.4 is 10.6 Å². The van der Waals surface area contributed by atoms with E-state index in [1.165, 1.54) is 6.07 Å². The van der Waals surface area contributed by atoms with E-state index < -0.39 is 0 Å². The molecule has 0 amide bonds. The minimum atomic E-state index is -0.304. The quantitative estimate of drug-likeness (QED) is 0.807. The van der Waals surface area contributed by atoms with Crippen molar-refractivity contribution >= 4 is 5.69 Å². The minimum Gasteiger partial charge on any atom is -0.375 e. The Kier molecular flexibility index (Phi) is 2.43.